The number of alkyl halides is 1. The predicted molar refractivity (Wildman–Crippen MR) is 108 cm³/mol. The molecular formula is C23H35FO5. The van der Waals surface area contributed by atoms with Gasteiger partial charge in [-0.05, 0) is 24.7 Å². The lowest BCUT2D eigenvalue weighted by molar-refractivity contribution is -0.140. The van der Waals surface area contributed by atoms with Crippen molar-refractivity contribution < 1.29 is 28.9 Å². The molecule has 0 aromatic rings. The Balaban J connectivity index is 1.59. The van der Waals surface area contributed by atoms with Crippen molar-refractivity contribution in [3.05, 3.63) is 24.3 Å². The van der Waals surface area contributed by atoms with Crippen molar-refractivity contribution in [1.29, 1.82) is 0 Å². The van der Waals surface area contributed by atoms with Crippen molar-refractivity contribution in [2.24, 2.45) is 17.3 Å². The standard InChI is InChI=1S/C23H35FO5/c1-23(12-6-3-7-13-23)19(26)11-10-15-16(25)14-18-21(15)22(24)17(29-18)8-4-5-9-20(27)28-2/h4,8,10-11,15-19,21-22,25-26H,3,5-7,9,12-14H2,1-2H3/t15-,16+,17-,18-,19?,21+,22+/m1/s1. The average molecular weight is 411 g/mol. The summed E-state index contributed by atoms with van der Waals surface area (Å²) in [6, 6.07) is 0. The fourth-order valence-corrected chi connectivity index (χ4v) is 5.18. The van der Waals surface area contributed by atoms with Gasteiger partial charge in [-0.1, -0.05) is 50.5 Å². The summed E-state index contributed by atoms with van der Waals surface area (Å²) in [6.45, 7) is 2.11. The Bertz CT molecular complexity index is 612. The van der Waals surface area contributed by atoms with Gasteiger partial charge in [0.05, 0.1) is 25.4 Å². The molecular weight excluding hydrogens is 375 g/mol. The van der Waals surface area contributed by atoms with Gasteiger partial charge in [-0.3, -0.25) is 4.79 Å². The Hall–Kier alpha value is -1.24. The third-order valence-electron chi connectivity index (χ3n) is 7.10. The van der Waals surface area contributed by atoms with Crippen LogP contribution in [0.2, 0.25) is 0 Å². The fourth-order valence-electron chi connectivity index (χ4n) is 5.18. The van der Waals surface area contributed by atoms with Gasteiger partial charge in [0.1, 0.15) is 12.3 Å². The molecule has 0 amide bonds. The molecule has 7 atom stereocenters. The number of halogens is 1. The largest absolute Gasteiger partial charge is 0.469 e. The summed E-state index contributed by atoms with van der Waals surface area (Å²) in [6.07, 6.45) is 10.2. The van der Waals surface area contributed by atoms with Crippen LogP contribution < -0.4 is 0 Å². The highest BCUT2D eigenvalue weighted by atomic mass is 19.1. The minimum atomic E-state index is -1.22. The Morgan fingerprint density at radius 2 is 2.03 bits per heavy atom. The third kappa shape index (κ3) is 5.09. The van der Waals surface area contributed by atoms with Crippen LogP contribution >= 0.6 is 0 Å². The number of allylic oxidation sites excluding steroid dienone is 1. The summed E-state index contributed by atoms with van der Waals surface area (Å²) in [5, 5.41) is 21.1. The highest BCUT2D eigenvalue weighted by Gasteiger charge is 2.54. The van der Waals surface area contributed by atoms with Crippen LogP contribution in [0.5, 0.6) is 0 Å². The van der Waals surface area contributed by atoms with E-state index in [9.17, 15) is 15.0 Å². The van der Waals surface area contributed by atoms with Crippen LogP contribution in [0, 0.1) is 17.3 Å². The molecule has 2 aliphatic carbocycles. The Kier molecular flexibility index (Phi) is 7.52. The first kappa shape index (κ1) is 22.4. The molecule has 3 fully saturated rings. The molecule has 2 N–H and O–H groups in total. The number of aliphatic hydroxyl groups is 2. The maximum Gasteiger partial charge on any atom is 0.305 e. The Morgan fingerprint density at radius 3 is 2.72 bits per heavy atom. The molecule has 1 unspecified atom stereocenters. The molecule has 2 saturated carbocycles. The molecule has 3 aliphatic rings. The summed E-state index contributed by atoms with van der Waals surface area (Å²) in [5.41, 5.74) is -0.135. The summed E-state index contributed by atoms with van der Waals surface area (Å²) < 4.78 is 25.5. The minimum Gasteiger partial charge on any atom is -0.469 e. The van der Waals surface area contributed by atoms with Gasteiger partial charge < -0.3 is 19.7 Å². The molecule has 1 heterocycles. The van der Waals surface area contributed by atoms with E-state index in [2.05, 4.69) is 11.7 Å². The van der Waals surface area contributed by atoms with E-state index in [0.29, 0.717) is 12.8 Å². The molecule has 0 aromatic carbocycles. The van der Waals surface area contributed by atoms with Crippen LogP contribution in [0.15, 0.2) is 24.3 Å². The van der Waals surface area contributed by atoms with E-state index in [1.807, 2.05) is 6.08 Å². The van der Waals surface area contributed by atoms with Crippen LogP contribution in [0.1, 0.15) is 58.3 Å². The quantitative estimate of drug-likeness (QED) is 0.496. The number of rotatable bonds is 7. The zero-order valence-corrected chi connectivity index (χ0v) is 17.5. The molecule has 1 saturated heterocycles. The minimum absolute atomic E-state index is 0.135. The Morgan fingerprint density at radius 1 is 1.31 bits per heavy atom. The monoisotopic (exact) mass is 410 g/mol. The maximum atomic E-state index is 15.1. The summed E-state index contributed by atoms with van der Waals surface area (Å²) in [7, 11) is 1.34. The Labute approximate surface area is 173 Å². The number of hydrogen-bond acceptors (Lipinski definition) is 5. The number of ether oxygens (including phenoxy) is 2. The van der Waals surface area contributed by atoms with Crippen LogP contribution in [0.3, 0.4) is 0 Å². The smallest absolute Gasteiger partial charge is 0.305 e. The second-order valence-corrected chi connectivity index (χ2v) is 9.13. The van der Waals surface area contributed by atoms with E-state index < -0.39 is 30.4 Å². The van der Waals surface area contributed by atoms with Crippen LogP contribution in [-0.2, 0) is 14.3 Å². The molecule has 6 heteroatoms. The van der Waals surface area contributed by atoms with Crippen LogP contribution in [-0.4, -0.2) is 53.9 Å². The van der Waals surface area contributed by atoms with Crippen molar-refractivity contribution in [1.82, 2.24) is 0 Å². The first-order valence-electron chi connectivity index (χ1n) is 10.9. The van der Waals surface area contributed by atoms with E-state index in [-0.39, 0.29) is 29.8 Å². The zero-order chi connectivity index (χ0) is 21.0. The van der Waals surface area contributed by atoms with E-state index in [1.165, 1.54) is 13.5 Å². The van der Waals surface area contributed by atoms with E-state index in [0.717, 1.165) is 25.7 Å². The van der Waals surface area contributed by atoms with Crippen molar-refractivity contribution in [3.63, 3.8) is 0 Å². The van der Waals surface area contributed by atoms with Crippen molar-refractivity contribution in [3.8, 4) is 0 Å². The van der Waals surface area contributed by atoms with E-state index >= 15 is 4.39 Å². The first-order chi connectivity index (χ1) is 13.9. The molecule has 5 nitrogen and oxygen atoms in total. The molecule has 0 bridgehead atoms. The van der Waals surface area contributed by atoms with Gasteiger partial charge in [0, 0.05) is 24.7 Å². The number of esters is 1. The number of aliphatic hydroxyl groups excluding tert-OH is 2. The van der Waals surface area contributed by atoms with E-state index in [1.54, 1.807) is 18.2 Å². The van der Waals surface area contributed by atoms with Crippen molar-refractivity contribution >= 4 is 5.97 Å². The second-order valence-electron chi connectivity index (χ2n) is 9.13. The molecule has 0 aromatic heterocycles. The van der Waals surface area contributed by atoms with Gasteiger partial charge >= 0.3 is 5.97 Å². The lowest BCUT2D eigenvalue weighted by Gasteiger charge is -2.36. The lowest BCUT2D eigenvalue weighted by atomic mass is 9.71. The van der Waals surface area contributed by atoms with E-state index in [4.69, 9.17) is 4.74 Å². The van der Waals surface area contributed by atoms with Gasteiger partial charge in [0.2, 0.25) is 0 Å². The molecule has 0 spiro atoms. The number of methoxy groups -OCH3 is 1. The normalized spacial score (nSPS) is 37.8. The fraction of sp³-hybridized carbons (Fsp3) is 0.783. The predicted octanol–water partition coefficient (Wildman–Crippen LogP) is 3.49. The van der Waals surface area contributed by atoms with Crippen LogP contribution in [0.4, 0.5) is 4.39 Å². The molecule has 1 aliphatic heterocycles. The topological polar surface area (TPSA) is 76.0 Å². The van der Waals surface area contributed by atoms with Gasteiger partial charge in [0.25, 0.3) is 0 Å². The number of fused-ring (bicyclic) bond motifs is 1. The van der Waals surface area contributed by atoms with Crippen LogP contribution in [0.25, 0.3) is 0 Å². The third-order valence-corrected chi connectivity index (χ3v) is 7.10. The SMILES string of the molecule is COC(=O)CCC=C[C@H]1O[C@@H]2C[C@H](O)[C@@H](C=CC(O)C3(C)CCCCC3)[C@@H]2[C@H]1F. The number of carbonyl (C=O) groups excluding carboxylic acids is 1. The highest BCUT2D eigenvalue weighted by Crippen LogP contribution is 2.46. The number of carbonyl (C=O) groups is 1. The highest BCUT2D eigenvalue weighted by molar-refractivity contribution is 5.69. The maximum absolute atomic E-state index is 15.1. The van der Waals surface area contributed by atoms with Gasteiger partial charge in [0.15, 0.2) is 0 Å². The average Bonchev–Trinajstić information content (AvgIpc) is 3.18. The summed E-state index contributed by atoms with van der Waals surface area (Å²) in [5.74, 6) is -1.07. The molecule has 3 rings (SSSR count). The van der Waals surface area contributed by atoms with Crippen molar-refractivity contribution in [2.75, 3.05) is 7.11 Å². The first-order valence-corrected chi connectivity index (χ1v) is 10.9. The van der Waals surface area contributed by atoms with Gasteiger partial charge in [-0.2, -0.15) is 0 Å². The zero-order valence-electron chi connectivity index (χ0n) is 17.5. The van der Waals surface area contributed by atoms with Gasteiger partial charge in [-0.25, -0.2) is 4.39 Å². The van der Waals surface area contributed by atoms with Crippen molar-refractivity contribution in [2.45, 2.75) is 88.9 Å². The molecule has 0 radical (unpaired) electrons. The summed E-state index contributed by atoms with van der Waals surface area (Å²) >= 11 is 0. The molecule has 29 heavy (non-hydrogen) atoms. The van der Waals surface area contributed by atoms with Gasteiger partial charge in [-0.15, -0.1) is 0 Å². The summed E-state index contributed by atoms with van der Waals surface area (Å²) in [4.78, 5) is 11.2. The lowest BCUT2D eigenvalue weighted by Crippen LogP contribution is -2.33. The number of hydrogen-bond donors (Lipinski definition) is 2. The second kappa shape index (κ2) is 9.71. The molecule has 164 valence electrons.